The summed E-state index contributed by atoms with van der Waals surface area (Å²) in [4.78, 5) is 22.4. The molecular weight excluding hydrogens is 502 g/mol. The van der Waals surface area contributed by atoms with E-state index in [4.69, 9.17) is 14.8 Å². The number of ether oxygens (including phenoxy) is 1. The van der Waals surface area contributed by atoms with Crippen LogP contribution in [0, 0.1) is 6.92 Å². The number of carboxylic acids is 1. The van der Waals surface area contributed by atoms with Crippen LogP contribution in [0.15, 0.2) is 60.7 Å². The van der Waals surface area contributed by atoms with Crippen LogP contribution in [0.5, 0.6) is 0 Å². The van der Waals surface area contributed by atoms with Crippen LogP contribution in [0.4, 0.5) is 5.82 Å². The largest absolute Gasteiger partial charge is 0.479 e. The quantitative estimate of drug-likeness (QED) is 0.342. The van der Waals surface area contributed by atoms with E-state index in [0.717, 1.165) is 54.1 Å². The minimum atomic E-state index is -1.17. The van der Waals surface area contributed by atoms with Gasteiger partial charge in [-0.1, -0.05) is 48.5 Å². The number of aliphatic carboxylic acids is 1. The SMILES string of the molecule is Cc1nc2cc(-c3cccc(-c4ccccc4)c3)nn2c(N2[C@@H]3CC[C@H]2CN(C)C3)c1[C@H](OC(C)(C)C)C(=O)O. The Morgan fingerprint density at radius 2 is 1.62 bits per heavy atom. The van der Waals surface area contributed by atoms with Crippen LogP contribution in [0.2, 0.25) is 0 Å². The normalized spacial score (nSPS) is 20.3. The Morgan fingerprint density at radius 1 is 0.975 bits per heavy atom. The van der Waals surface area contributed by atoms with Crippen LogP contribution in [0.1, 0.15) is 51.0 Å². The van der Waals surface area contributed by atoms with Gasteiger partial charge in [0.1, 0.15) is 5.82 Å². The third kappa shape index (κ3) is 4.86. The second-order valence-electron chi connectivity index (χ2n) is 12.1. The lowest BCUT2D eigenvalue weighted by molar-refractivity contribution is -0.160. The predicted molar refractivity (Wildman–Crippen MR) is 157 cm³/mol. The predicted octanol–water partition coefficient (Wildman–Crippen LogP) is 5.60. The summed E-state index contributed by atoms with van der Waals surface area (Å²) < 4.78 is 8.06. The maximum absolute atomic E-state index is 12.7. The Kier molecular flexibility index (Phi) is 6.63. The molecule has 8 nitrogen and oxygen atoms in total. The molecule has 1 N–H and O–H groups in total. The molecule has 4 heterocycles. The average molecular weight is 540 g/mol. The first-order valence-corrected chi connectivity index (χ1v) is 14.0. The number of likely N-dealkylation sites (N-methyl/N-ethyl adjacent to an activating group) is 1. The summed E-state index contributed by atoms with van der Waals surface area (Å²) in [5, 5.41) is 15.5. The lowest BCUT2D eigenvalue weighted by Crippen LogP contribution is -2.53. The molecule has 0 saturated carbocycles. The molecular formula is C32H37N5O3. The molecule has 2 fully saturated rings. The molecule has 3 atom stereocenters. The summed E-state index contributed by atoms with van der Waals surface area (Å²) in [5.41, 5.74) is 5.33. The topological polar surface area (TPSA) is 83.2 Å². The van der Waals surface area contributed by atoms with Crippen LogP contribution >= 0.6 is 0 Å². The molecule has 6 rings (SSSR count). The summed E-state index contributed by atoms with van der Waals surface area (Å²) in [7, 11) is 2.16. The van der Waals surface area contributed by atoms with Crippen LogP contribution < -0.4 is 4.90 Å². The van der Waals surface area contributed by atoms with Gasteiger partial charge in [0, 0.05) is 42.5 Å². The molecule has 0 amide bonds. The molecule has 0 unspecified atom stereocenters. The van der Waals surface area contributed by atoms with Crippen LogP contribution in [0.3, 0.4) is 0 Å². The zero-order chi connectivity index (χ0) is 28.2. The third-order valence-electron chi connectivity index (χ3n) is 7.94. The van der Waals surface area contributed by atoms with E-state index in [1.54, 1.807) is 0 Å². The van der Waals surface area contributed by atoms with Crippen molar-refractivity contribution in [3.8, 4) is 22.4 Å². The fourth-order valence-corrected chi connectivity index (χ4v) is 6.35. The van der Waals surface area contributed by atoms with Crippen LogP contribution in [-0.4, -0.2) is 68.4 Å². The smallest absolute Gasteiger partial charge is 0.337 e. The highest BCUT2D eigenvalue weighted by atomic mass is 16.5. The maximum Gasteiger partial charge on any atom is 0.337 e. The zero-order valence-corrected chi connectivity index (χ0v) is 23.8. The van der Waals surface area contributed by atoms with Gasteiger partial charge in [-0.25, -0.2) is 9.78 Å². The molecule has 2 aromatic heterocycles. The van der Waals surface area contributed by atoms with Gasteiger partial charge < -0.3 is 19.6 Å². The highest BCUT2D eigenvalue weighted by molar-refractivity contribution is 5.79. The number of hydrogen-bond acceptors (Lipinski definition) is 6. The Hall–Kier alpha value is -3.75. The number of carboxylic acid groups (broad SMARTS) is 1. The molecule has 2 aliphatic rings. The number of benzene rings is 2. The molecule has 2 aromatic carbocycles. The lowest BCUT2D eigenvalue weighted by Gasteiger charge is -2.42. The van der Waals surface area contributed by atoms with E-state index in [1.165, 1.54) is 0 Å². The van der Waals surface area contributed by atoms with Crippen molar-refractivity contribution in [3.05, 3.63) is 71.9 Å². The average Bonchev–Trinajstić information content (AvgIpc) is 3.45. The van der Waals surface area contributed by atoms with Crippen molar-refractivity contribution in [1.82, 2.24) is 19.5 Å². The number of anilines is 1. The molecule has 0 spiro atoms. The molecule has 0 aliphatic carbocycles. The first kappa shape index (κ1) is 26.5. The van der Waals surface area contributed by atoms with Crippen molar-refractivity contribution >= 4 is 17.4 Å². The number of piperazine rings is 1. The summed E-state index contributed by atoms with van der Waals surface area (Å²) in [5.74, 6) is -0.227. The third-order valence-corrected chi connectivity index (χ3v) is 7.94. The Bertz CT molecular complexity index is 1540. The second-order valence-corrected chi connectivity index (χ2v) is 12.1. The number of fused-ring (bicyclic) bond motifs is 3. The molecule has 208 valence electrons. The van der Waals surface area contributed by atoms with Gasteiger partial charge in [-0.2, -0.15) is 9.61 Å². The van der Waals surface area contributed by atoms with Gasteiger partial charge in [-0.3, -0.25) is 0 Å². The summed E-state index contributed by atoms with van der Waals surface area (Å²) in [6, 6.07) is 21.2. The number of hydrogen-bond donors (Lipinski definition) is 1. The summed E-state index contributed by atoms with van der Waals surface area (Å²) >= 11 is 0. The number of nitrogens with zero attached hydrogens (tertiary/aromatic N) is 5. The number of carbonyl (C=O) groups is 1. The number of aromatic nitrogens is 3. The van der Waals surface area contributed by atoms with E-state index in [-0.39, 0.29) is 12.1 Å². The molecule has 2 aliphatic heterocycles. The van der Waals surface area contributed by atoms with Crippen molar-refractivity contribution in [2.24, 2.45) is 0 Å². The van der Waals surface area contributed by atoms with Crippen molar-refractivity contribution < 1.29 is 14.6 Å². The minimum Gasteiger partial charge on any atom is -0.479 e. The molecule has 2 saturated heterocycles. The van der Waals surface area contributed by atoms with Crippen LogP contribution in [0.25, 0.3) is 28.0 Å². The van der Waals surface area contributed by atoms with E-state index in [0.29, 0.717) is 16.9 Å². The number of aryl methyl sites for hydroxylation is 1. The highest BCUT2D eigenvalue weighted by Gasteiger charge is 2.44. The van der Waals surface area contributed by atoms with Gasteiger partial charge >= 0.3 is 5.97 Å². The van der Waals surface area contributed by atoms with E-state index in [1.807, 2.05) is 62.5 Å². The Labute approximate surface area is 235 Å². The Balaban J connectivity index is 1.55. The first-order chi connectivity index (χ1) is 19.1. The minimum absolute atomic E-state index is 0.269. The van der Waals surface area contributed by atoms with E-state index in [9.17, 15) is 9.90 Å². The van der Waals surface area contributed by atoms with Crippen molar-refractivity contribution in [2.75, 3.05) is 25.0 Å². The second kappa shape index (κ2) is 10.0. The van der Waals surface area contributed by atoms with Gasteiger partial charge in [0.15, 0.2) is 11.8 Å². The van der Waals surface area contributed by atoms with Crippen molar-refractivity contribution in [3.63, 3.8) is 0 Å². The van der Waals surface area contributed by atoms with E-state index >= 15 is 0 Å². The van der Waals surface area contributed by atoms with E-state index < -0.39 is 17.7 Å². The van der Waals surface area contributed by atoms with Gasteiger partial charge in [0.2, 0.25) is 0 Å². The number of likely N-dealkylation sites (tertiary alicyclic amines) is 1. The molecule has 4 aromatic rings. The zero-order valence-electron chi connectivity index (χ0n) is 23.8. The molecule has 8 heteroatoms. The molecule has 2 bridgehead atoms. The molecule has 40 heavy (non-hydrogen) atoms. The maximum atomic E-state index is 12.7. The fourth-order valence-electron chi connectivity index (χ4n) is 6.35. The summed E-state index contributed by atoms with van der Waals surface area (Å²) in [6.07, 6.45) is 0.949. The lowest BCUT2D eigenvalue weighted by atomic mass is 10.0. The monoisotopic (exact) mass is 539 g/mol. The number of rotatable bonds is 6. The first-order valence-electron chi connectivity index (χ1n) is 14.0. The van der Waals surface area contributed by atoms with E-state index in [2.05, 4.69) is 47.2 Å². The van der Waals surface area contributed by atoms with Gasteiger partial charge in [-0.05, 0) is 64.8 Å². The Morgan fingerprint density at radius 3 is 2.27 bits per heavy atom. The van der Waals surface area contributed by atoms with Gasteiger partial charge in [-0.15, -0.1) is 0 Å². The standard InChI is InChI=1S/C32H37N5O3/c1-20-28(29(31(38)39)40-32(2,3)4)30(36-24-14-15-25(36)19-35(5)18-24)37-27(33-20)17-26(34-37)23-13-9-12-22(16-23)21-10-7-6-8-11-21/h6-13,16-17,24-25,29H,14-15,18-19H2,1-5H3,(H,38,39)/t24-,25+,29-/m0/s1. The summed E-state index contributed by atoms with van der Waals surface area (Å²) in [6.45, 7) is 9.38. The molecule has 0 radical (unpaired) electrons. The highest BCUT2D eigenvalue weighted by Crippen LogP contribution is 2.42. The van der Waals surface area contributed by atoms with Crippen molar-refractivity contribution in [2.45, 2.75) is 64.3 Å². The van der Waals surface area contributed by atoms with Crippen molar-refractivity contribution in [1.29, 1.82) is 0 Å². The van der Waals surface area contributed by atoms with Gasteiger partial charge in [0.05, 0.1) is 16.9 Å². The fraction of sp³-hybridized carbons (Fsp3) is 0.406. The van der Waals surface area contributed by atoms with Crippen LogP contribution in [-0.2, 0) is 9.53 Å². The van der Waals surface area contributed by atoms with Gasteiger partial charge in [0.25, 0.3) is 0 Å².